The van der Waals surface area contributed by atoms with E-state index in [1.165, 1.54) is 55.9 Å². The van der Waals surface area contributed by atoms with E-state index < -0.39 is 0 Å². The van der Waals surface area contributed by atoms with Crippen LogP contribution < -0.4 is 5.32 Å². The lowest BCUT2D eigenvalue weighted by Gasteiger charge is -2.30. The van der Waals surface area contributed by atoms with Crippen LogP contribution in [0.2, 0.25) is 0 Å². The van der Waals surface area contributed by atoms with Crippen molar-refractivity contribution in [2.75, 3.05) is 23.8 Å². The quantitative estimate of drug-likeness (QED) is 0.752. The first kappa shape index (κ1) is 13.1. The third kappa shape index (κ3) is 4.50. The van der Waals surface area contributed by atoms with E-state index in [1.807, 2.05) is 0 Å². The summed E-state index contributed by atoms with van der Waals surface area (Å²) in [6.45, 7) is 3.48. The fourth-order valence-electron chi connectivity index (χ4n) is 2.31. The van der Waals surface area contributed by atoms with Crippen LogP contribution in [-0.4, -0.2) is 35.1 Å². The summed E-state index contributed by atoms with van der Waals surface area (Å²) in [6.07, 6.45) is 7.18. The summed E-state index contributed by atoms with van der Waals surface area (Å²) in [4.78, 5) is 0. The summed E-state index contributed by atoms with van der Waals surface area (Å²) >= 11 is 4.36. The van der Waals surface area contributed by atoms with Gasteiger partial charge >= 0.3 is 0 Å². The van der Waals surface area contributed by atoms with Crippen molar-refractivity contribution in [2.45, 2.75) is 50.3 Å². The average Bonchev–Trinajstić information content (AvgIpc) is 3.14. The van der Waals surface area contributed by atoms with Crippen molar-refractivity contribution in [1.82, 2.24) is 5.32 Å². The standard InChI is InChI=1S/C13H25NS2/c1-2-7-14-12(6-5-11-3-4-11)13-10-15-8-9-16-13/h11-14H,2-10H2,1H3. The van der Waals surface area contributed by atoms with Crippen LogP contribution in [0.25, 0.3) is 0 Å². The van der Waals surface area contributed by atoms with Gasteiger partial charge in [-0.15, -0.1) is 0 Å². The maximum Gasteiger partial charge on any atom is 0.0292 e. The van der Waals surface area contributed by atoms with E-state index in [9.17, 15) is 0 Å². The van der Waals surface area contributed by atoms with Crippen molar-refractivity contribution in [3.8, 4) is 0 Å². The first-order valence-electron chi connectivity index (χ1n) is 6.83. The van der Waals surface area contributed by atoms with Crippen LogP contribution >= 0.6 is 23.5 Å². The van der Waals surface area contributed by atoms with Gasteiger partial charge in [-0.05, 0) is 31.7 Å². The molecular formula is C13H25NS2. The third-order valence-electron chi connectivity index (χ3n) is 3.53. The molecule has 0 spiro atoms. The minimum absolute atomic E-state index is 0.790. The first-order chi connectivity index (χ1) is 7.90. The number of rotatable bonds is 7. The summed E-state index contributed by atoms with van der Waals surface area (Å²) < 4.78 is 0. The van der Waals surface area contributed by atoms with E-state index in [4.69, 9.17) is 0 Å². The zero-order chi connectivity index (χ0) is 11.2. The summed E-state index contributed by atoms with van der Waals surface area (Å²) in [5.41, 5.74) is 0. The minimum Gasteiger partial charge on any atom is -0.313 e. The molecule has 1 N–H and O–H groups in total. The summed E-state index contributed by atoms with van der Waals surface area (Å²) in [6, 6.07) is 0.790. The van der Waals surface area contributed by atoms with E-state index in [0.717, 1.165) is 17.2 Å². The molecule has 3 heteroatoms. The zero-order valence-corrected chi connectivity index (χ0v) is 12.0. The number of hydrogen-bond acceptors (Lipinski definition) is 3. The molecule has 0 amide bonds. The molecule has 2 atom stereocenters. The molecule has 1 saturated heterocycles. The molecule has 0 aromatic carbocycles. The van der Waals surface area contributed by atoms with E-state index in [1.54, 1.807) is 0 Å². The molecule has 16 heavy (non-hydrogen) atoms. The van der Waals surface area contributed by atoms with Crippen molar-refractivity contribution in [2.24, 2.45) is 5.92 Å². The Morgan fingerprint density at radius 1 is 1.31 bits per heavy atom. The highest BCUT2D eigenvalue weighted by Crippen LogP contribution is 2.36. The maximum absolute atomic E-state index is 3.79. The van der Waals surface area contributed by atoms with E-state index in [-0.39, 0.29) is 0 Å². The molecule has 0 aromatic heterocycles. The molecule has 1 nitrogen and oxygen atoms in total. The molecule has 0 bridgehead atoms. The van der Waals surface area contributed by atoms with Crippen LogP contribution in [0.3, 0.4) is 0 Å². The molecule has 2 unspecified atom stereocenters. The van der Waals surface area contributed by atoms with Gasteiger partial charge in [0.05, 0.1) is 0 Å². The molecule has 1 saturated carbocycles. The highest BCUT2D eigenvalue weighted by atomic mass is 32.2. The Morgan fingerprint density at radius 3 is 2.81 bits per heavy atom. The minimum atomic E-state index is 0.790. The Bertz CT molecular complexity index is 188. The third-order valence-corrected chi connectivity index (χ3v) is 6.45. The van der Waals surface area contributed by atoms with Crippen LogP contribution in [0, 0.1) is 5.92 Å². The van der Waals surface area contributed by atoms with Gasteiger partial charge in [-0.3, -0.25) is 0 Å². The highest BCUT2D eigenvalue weighted by Gasteiger charge is 2.27. The molecule has 1 aliphatic carbocycles. The number of nitrogens with one attached hydrogen (secondary N) is 1. The molecule has 0 radical (unpaired) electrons. The largest absolute Gasteiger partial charge is 0.313 e. The highest BCUT2D eigenvalue weighted by molar-refractivity contribution is 8.06. The Hall–Kier alpha value is 0.660. The first-order valence-corrected chi connectivity index (χ1v) is 9.03. The van der Waals surface area contributed by atoms with Crippen molar-refractivity contribution in [3.63, 3.8) is 0 Å². The van der Waals surface area contributed by atoms with Gasteiger partial charge in [-0.1, -0.05) is 19.8 Å². The SMILES string of the molecule is CCCNC(CCC1CC1)C1CSCCS1. The second-order valence-corrected chi connectivity index (χ2v) is 7.56. The van der Waals surface area contributed by atoms with Crippen LogP contribution in [-0.2, 0) is 0 Å². The van der Waals surface area contributed by atoms with Crippen LogP contribution in [0.1, 0.15) is 39.0 Å². The van der Waals surface area contributed by atoms with Crippen molar-refractivity contribution >= 4 is 23.5 Å². The van der Waals surface area contributed by atoms with Gasteiger partial charge in [0.15, 0.2) is 0 Å². The topological polar surface area (TPSA) is 12.0 Å². The number of thioether (sulfide) groups is 2. The van der Waals surface area contributed by atoms with Crippen LogP contribution in [0.5, 0.6) is 0 Å². The maximum atomic E-state index is 3.79. The van der Waals surface area contributed by atoms with Gasteiger partial charge in [-0.2, -0.15) is 23.5 Å². The predicted octanol–water partition coefficient (Wildman–Crippen LogP) is 3.39. The lowest BCUT2D eigenvalue weighted by Crippen LogP contribution is -2.41. The molecule has 2 aliphatic rings. The molecule has 0 aromatic rings. The molecule has 2 rings (SSSR count). The zero-order valence-electron chi connectivity index (χ0n) is 10.4. The Balaban J connectivity index is 1.73. The summed E-state index contributed by atoms with van der Waals surface area (Å²) in [7, 11) is 0. The smallest absolute Gasteiger partial charge is 0.0292 e. The van der Waals surface area contributed by atoms with Gasteiger partial charge in [0, 0.05) is 28.6 Å². The van der Waals surface area contributed by atoms with Gasteiger partial charge in [-0.25, -0.2) is 0 Å². The fraction of sp³-hybridized carbons (Fsp3) is 1.00. The van der Waals surface area contributed by atoms with E-state index in [2.05, 4.69) is 35.8 Å². The van der Waals surface area contributed by atoms with E-state index in [0.29, 0.717) is 0 Å². The monoisotopic (exact) mass is 259 g/mol. The van der Waals surface area contributed by atoms with Crippen LogP contribution in [0.4, 0.5) is 0 Å². The van der Waals surface area contributed by atoms with Crippen LogP contribution in [0.15, 0.2) is 0 Å². The van der Waals surface area contributed by atoms with Gasteiger partial charge in [0.25, 0.3) is 0 Å². The Labute approximate surface area is 109 Å². The average molecular weight is 259 g/mol. The molecule has 2 fully saturated rings. The molecule has 1 heterocycles. The van der Waals surface area contributed by atoms with Crippen molar-refractivity contribution in [3.05, 3.63) is 0 Å². The van der Waals surface area contributed by atoms with Crippen molar-refractivity contribution < 1.29 is 0 Å². The second-order valence-electron chi connectivity index (χ2n) is 5.07. The molecular weight excluding hydrogens is 234 g/mol. The second kappa shape index (κ2) is 7.17. The predicted molar refractivity (Wildman–Crippen MR) is 77.6 cm³/mol. The van der Waals surface area contributed by atoms with Gasteiger partial charge in [0.1, 0.15) is 0 Å². The fourth-order valence-corrected chi connectivity index (χ4v) is 5.24. The molecule has 94 valence electrons. The number of hydrogen-bond donors (Lipinski definition) is 1. The Kier molecular flexibility index (Phi) is 5.87. The normalized spacial score (nSPS) is 27.9. The van der Waals surface area contributed by atoms with Gasteiger partial charge < -0.3 is 5.32 Å². The van der Waals surface area contributed by atoms with Gasteiger partial charge in [0.2, 0.25) is 0 Å². The van der Waals surface area contributed by atoms with E-state index >= 15 is 0 Å². The Morgan fingerprint density at radius 2 is 2.19 bits per heavy atom. The summed E-state index contributed by atoms with van der Waals surface area (Å²) in [5.74, 6) is 5.19. The molecule has 1 aliphatic heterocycles. The van der Waals surface area contributed by atoms with Crippen molar-refractivity contribution in [1.29, 1.82) is 0 Å². The lowest BCUT2D eigenvalue weighted by molar-refractivity contribution is 0.453. The lowest BCUT2D eigenvalue weighted by atomic mass is 10.1. The summed E-state index contributed by atoms with van der Waals surface area (Å²) in [5, 5.41) is 4.67.